The van der Waals surface area contributed by atoms with Crippen LogP contribution in [0.1, 0.15) is 18.1 Å². The largest absolute Gasteiger partial charge is 0.490 e. The molecule has 0 radical (unpaired) electrons. The lowest BCUT2D eigenvalue weighted by Crippen LogP contribution is -2.32. The Labute approximate surface area is 250 Å². The normalized spacial score (nSPS) is 10.5. The van der Waals surface area contributed by atoms with Gasteiger partial charge in [0, 0.05) is 16.4 Å². The van der Waals surface area contributed by atoms with E-state index in [2.05, 4.69) is 43.7 Å². The SMILES string of the molecule is C=CCOc1ccc(NC(=O)C(=O)N/N=C\c2cc(Br)c(OCC(=O)Nc3cccc(Cl)c3C)c(OCC)c2)cc1. The van der Waals surface area contributed by atoms with Crippen LogP contribution in [-0.4, -0.2) is 43.8 Å². The van der Waals surface area contributed by atoms with Gasteiger partial charge in [-0.25, -0.2) is 5.43 Å². The van der Waals surface area contributed by atoms with Crippen LogP contribution in [0.4, 0.5) is 11.4 Å². The zero-order valence-electron chi connectivity index (χ0n) is 22.3. The molecule has 0 aliphatic rings. The van der Waals surface area contributed by atoms with Crippen molar-refractivity contribution in [3.05, 3.63) is 87.9 Å². The van der Waals surface area contributed by atoms with Crippen LogP contribution in [-0.2, 0) is 14.4 Å². The number of hydrogen-bond acceptors (Lipinski definition) is 7. The van der Waals surface area contributed by atoms with Gasteiger partial charge in [-0.15, -0.1) is 0 Å². The van der Waals surface area contributed by atoms with Gasteiger partial charge in [-0.2, -0.15) is 5.10 Å². The minimum atomic E-state index is -0.960. The summed E-state index contributed by atoms with van der Waals surface area (Å²) in [5, 5.41) is 9.64. The number of rotatable bonds is 12. The average molecular weight is 644 g/mol. The number of anilines is 2. The Morgan fingerprint density at radius 2 is 1.78 bits per heavy atom. The first-order valence-corrected chi connectivity index (χ1v) is 13.5. The molecule has 3 aromatic rings. The lowest BCUT2D eigenvalue weighted by atomic mass is 10.2. The van der Waals surface area contributed by atoms with Gasteiger partial charge in [0.2, 0.25) is 0 Å². The van der Waals surface area contributed by atoms with Gasteiger partial charge in [-0.3, -0.25) is 14.4 Å². The third kappa shape index (κ3) is 9.37. The molecule has 0 spiro atoms. The summed E-state index contributed by atoms with van der Waals surface area (Å²) >= 11 is 9.54. The molecule has 214 valence electrons. The number of hydrazone groups is 1. The van der Waals surface area contributed by atoms with Crippen molar-refractivity contribution < 1.29 is 28.6 Å². The molecule has 3 N–H and O–H groups in total. The fourth-order valence-corrected chi connectivity index (χ4v) is 4.07. The third-order valence-electron chi connectivity index (χ3n) is 5.29. The first-order chi connectivity index (χ1) is 19.7. The molecule has 3 aromatic carbocycles. The van der Waals surface area contributed by atoms with Crippen molar-refractivity contribution in [3.8, 4) is 17.2 Å². The van der Waals surface area contributed by atoms with Gasteiger partial charge >= 0.3 is 11.8 Å². The quantitative estimate of drug-likeness (QED) is 0.104. The summed E-state index contributed by atoms with van der Waals surface area (Å²) in [6.45, 7) is 7.58. The molecule has 0 unspecified atom stereocenters. The molecule has 0 fully saturated rings. The van der Waals surface area contributed by atoms with E-state index in [0.29, 0.717) is 56.9 Å². The van der Waals surface area contributed by atoms with Crippen LogP contribution in [0.3, 0.4) is 0 Å². The Bertz CT molecular complexity index is 1450. The molecule has 0 aromatic heterocycles. The molecule has 3 amide bonds. The zero-order valence-corrected chi connectivity index (χ0v) is 24.7. The molecule has 0 atom stereocenters. The smallest absolute Gasteiger partial charge is 0.329 e. The molecule has 41 heavy (non-hydrogen) atoms. The number of carbonyl (C=O) groups excluding carboxylic acids is 3. The highest BCUT2D eigenvalue weighted by molar-refractivity contribution is 9.10. The van der Waals surface area contributed by atoms with E-state index in [1.54, 1.807) is 74.5 Å². The summed E-state index contributed by atoms with van der Waals surface area (Å²) < 4.78 is 17.3. The summed E-state index contributed by atoms with van der Waals surface area (Å²) in [5.41, 5.74) is 4.46. The number of nitrogens with one attached hydrogen (secondary N) is 3. The topological polar surface area (TPSA) is 127 Å². The number of hydrogen-bond donors (Lipinski definition) is 3. The van der Waals surface area contributed by atoms with E-state index in [1.165, 1.54) is 6.21 Å². The van der Waals surface area contributed by atoms with Crippen LogP contribution in [0.2, 0.25) is 5.02 Å². The van der Waals surface area contributed by atoms with E-state index >= 15 is 0 Å². The van der Waals surface area contributed by atoms with Crippen molar-refractivity contribution in [1.29, 1.82) is 0 Å². The minimum Gasteiger partial charge on any atom is -0.490 e. The fourth-order valence-electron chi connectivity index (χ4n) is 3.33. The predicted octanol–water partition coefficient (Wildman–Crippen LogP) is 5.48. The summed E-state index contributed by atoms with van der Waals surface area (Å²) in [7, 11) is 0. The number of nitrogens with zero attached hydrogens (tertiary/aromatic N) is 1. The van der Waals surface area contributed by atoms with Crippen LogP contribution >= 0.6 is 27.5 Å². The zero-order chi connectivity index (χ0) is 29.8. The van der Waals surface area contributed by atoms with Crippen LogP contribution < -0.4 is 30.3 Å². The lowest BCUT2D eigenvalue weighted by molar-refractivity contribution is -0.136. The highest BCUT2D eigenvalue weighted by atomic mass is 79.9. The molecule has 0 bridgehead atoms. The fraction of sp³-hybridized carbons (Fsp3) is 0.172. The molecular weight excluding hydrogens is 616 g/mol. The molecule has 0 saturated heterocycles. The first kappa shape index (κ1) is 31.2. The lowest BCUT2D eigenvalue weighted by Gasteiger charge is -2.15. The monoisotopic (exact) mass is 642 g/mol. The van der Waals surface area contributed by atoms with Gasteiger partial charge in [0.15, 0.2) is 18.1 Å². The van der Waals surface area contributed by atoms with Gasteiger partial charge in [0.05, 0.1) is 17.3 Å². The molecule has 0 heterocycles. The van der Waals surface area contributed by atoms with E-state index in [-0.39, 0.29) is 12.5 Å². The van der Waals surface area contributed by atoms with Crippen molar-refractivity contribution in [1.82, 2.24) is 5.43 Å². The average Bonchev–Trinajstić information content (AvgIpc) is 2.94. The van der Waals surface area contributed by atoms with Gasteiger partial charge in [0.1, 0.15) is 12.4 Å². The number of halogens is 2. The number of amides is 3. The number of benzene rings is 3. The van der Waals surface area contributed by atoms with Crippen LogP contribution in [0.25, 0.3) is 0 Å². The Hall–Kier alpha value is -4.35. The highest BCUT2D eigenvalue weighted by Crippen LogP contribution is 2.36. The summed E-state index contributed by atoms with van der Waals surface area (Å²) in [6.07, 6.45) is 2.95. The molecule has 0 aliphatic carbocycles. The Balaban J connectivity index is 1.59. The van der Waals surface area contributed by atoms with Gasteiger partial charge in [-0.05, 0) is 89.4 Å². The summed E-state index contributed by atoms with van der Waals surface area (Å²) in [4.78, 5) is 36.9. The van der Waals surface area contributed by atoms with Crippen molar-refractivity contribution in [3.63, 3.8) is 0 Å². The minimum absolute atomic E-state index is 0.284. The Morgan fingerprint density at radius 1 is 1.02 bits per heavy atom. The second-order valence-corrected chi connectivity index (χ2v) is 9.55. The maximum atomic E-state index is 12.5. The van der Waals surface area contributed by atoms with Crippen LogP contribution in [0, 0.1) is 6.92 Å². The molecule has 0 saturated carbocycles. The van der Waals surface area contributed by atoms with Crippen LogP contribution in [0.5, 0.6) is 17.2 Å². The maximum absolute atomic E-state index is 12.5. The van der Waals surface area contributed by atoms with E-state index in [4.69, 9.17) is 25.8 Å². The van der Waals surface area contributed by atoms with Crippen LogP contribution in [0.15, 0.2) is 76.8 Å². The van der Waals surface area contributed by atoms with E-state index < -0.39 is 11.8 Å². The van der Waals surface area contributed by atoms with Gasteiger partial charge < -0.3 is 24.8 Å². The number of ether oxygens (including phenoxy) is 3. The first-order valence-electron chi connectivity index (χ1n) is 12.3. The number of carbonyl (C=O) groups is 3. The van der Waals surface area contributed by atoms with E-state index in [0.717, 1.165) is 5.56 Å². The van der Waals surface area contributed by atoms with Gasteiger partial charge in [-0.1, -0.05) is 30.3 Å². The molecule has 12 heteroatoms. The van der Waals surface area contributed by atoms with Crippen molar-refractivity contribution in [2.75, 3.05) is 30.5 Å². The van der Waals surface area contributed by atoms with E-state index in [9.17, 15) is 14.4 Å². The Kier molecular flexibility index (Phi) is 11.7. The molecule has 0 aliphatic heterocycles. The van der Waals surface area contributed by atoms with E-state index in [1.807, 2.05) is 0 Å². The predicted molar refractivity (Wildman–Crippen MR) is 162 cm³/mol. The maximum Gasteiger partial charge on any atom is 0.329 e. The summed E-state index contributed by atoms with van der Waals surface area (Å²) in [6, 6.07) is 15.0. The standard InChI is InChI=1S/C29H28BrClN4O6/c1-4-13-40-21-11-9-20(10-12-21)33-28(37)29(38)35-32-16-19-14-22(30)27(25(15-19)39-5-2)41-17-26(36)34-24-8-6-7-23(31)18(24)3/h4,6-12,14-16H,1,5,13,17H2,2-3H3,(H,33,37)(H,34,36)(H,35,38)/b32-16-. The molecule has 10 nitrogen and oxygen atoms in total. The van der Waals surface area contributed by atoms with Crippen molar-refractivity contribution in [2.45, 2.75) is 13.8 Å². The molecule has 3 rings (SSSR count). The third-order valence-corrected chi connectivity index (χ3v) is 6.29. The van der Waals surface area contributed by atoms with Crippen molar-refractivity contribution >= 4 is 62.8 Å². The van der Waals surface area contributed by atoms with Crippen molar-refractivity contribution in [2.24, 2.45) is 5.10 Å². The Morgan fingerprint density at radius 3 is 2.49 bits per heavy atom. The molecular formula is C29H28BrClN4O6. The highest BCUT2D eigenvalue weighted by Gasteiger charge is 2.16. The second kappa shape index (κ2) is 15.4. The summed E-state index contributed by atoms with van der Waals surface area (Å²) in [5.74, 6) is -0.979. The van der Waals surface area contributed by atoms with Gasteiger partial charge in [0.25, 0.3) is 5.91 Å². The second-order valence-electron chi connectivity index (χ2n) is 8.29.